The van der Waals surface area contributed by atoms with E-state index in [4.69, 9.17) is 0 Å². The summed E-state index contributed by atoms with van der Waals surface area (Å²) in [4.78, 5) is 35.6. The van der Waals surface area contributed by atoms with Crippen molar-refractivity contribution >= 4 is 90.1 Å². The third kappa shape index (κ3) is 16.5. The molecule has 0 atom stereocenters. The van der Waals surface area contributed by atoms with Crippen LogP contribution in [0.4, 0.5) is 0 Å². The van der Waals surface area contributed by atoms with E-state index in [-0.39, 0.29) is 105 Å². The van der Waals surface area contributed by atoms with Crippen molar-refractivity contribution in [2.45, 2.75) is 38.8 Å². The molecule has 20 nitrogen and oxygen atoms in total. The summed E-state index contributed by atoms with van der Waals surface area (Å²) >= 11 is 0. The molecular weight excluding hydrogens is 1330 g/mol. The fourth-order valence-electron chi connectivity index (χ4n) is 9.59. The van der Waals surface area contributed by atoms with Crippen molar-refractivity contribution in [3.8, 4) is 55.9 Å². The Labute approximate surface area is 568 Å². The summed E-state index contributed by atoms with van der Waals surface area (Å²) in [5.41, 5.74) is 11.2. The first-order chi connectivity index (χ1) is 41.0. The van der Waals surface area contributed by atoms with Crippen molar-refractivity contribution in [1.82, 2.24) is 29.9 Å². The summed E-state index contributed by atoms with van der Waals surface area (Å²) in [6, 6.07) is 46.9. The standard InChI is InChI=1S/2C24H16N2O6S2.C14H14N2O2.2Na.Ru/c2*27-33(28,29)17-5-1-15(2-6-17)19-11-13-25-23-21(19)9-10-22-20(12-14-26-24(22)23)16-3-7-18(8-4-16)34(30,31)32;17-14(18)6-3-4-11-7-9-16-13(10-11)12-5-1-2-8-15-12;;;/h2*1-14H,(H,27,28,29)(H,30,31,32);1-2,5,7-10H,3-4,6H2,(H,17,18);;;/q;;;2*+1;/p-5. The molecular formula is C62H41N6Na2O14RuS4-3. The number of fused-ring (bicyclic) bond motifs is 6. The van der Waals surface area contributed by atoms with Crippen LogP contribution in [0.15, 0.2) is 233 Å². The van der Waals surface area contributed by atoms with Crippen LogP contribution >= 0.6 is 0 Å². The Bertz CT molecular complexity index is 4510. The molecule has 12 rings (SSSR count). The molecule has 0 saturated carbocycles. The molecule has 0 aliphatic carbocycles. The van der Waals surface area contributed by atoms with E-state index in [9.17, 15) is 61.8 Å². The van der Waals surface area contributed by atoms with Gasteiger partial charge >= 0.3 is 59.1 Å². The molecule has 89 heavy (non-hydrogen) atoms. The minimum Gasteiger partial charge on any atom is -0.744 e. The van der Waals surface area contributed by atoms with Gasteiger partial charge in [-0.2, -0.15) is 0 Å². The third-order valence-electron chi connectivity index (χ3n) is 13.7. The molecule has 6 heterocycles. The van der Waals surface area contributed by atoms with Gasteiger partial charge in [0.1, 0.15) is 40.5 Å². The summed E-state index contributed by atoms with van der Waals surface area (Å²) < 4.78 is 135. The number of hydrogen-bond donors (Lipinski definition) is 0. The van der Waals surface area contributed by atoms with Gasteiger partial charge in [0, 0.05) is 84.2 Å². The molecule has 0 aliphatic rings. The monoisotopic (exact) mass is 1370 g/mol. The van der Waals surface area contributed by atoms with E-state index in [0.717, 1.165) is 60.8 Å². The Morgan fingerprint density at radius 2 is 0.640 bits per heavy atom. The molecule has 0 spiro atoms. The molecule has 0 fully saturated rings. The zero-order chi connectivity index (χ0) is 61.0. The van der Waals surface area contributed by atoms with E-state index in [1.165, 1.54) is 48.5 Å². The van der Waals surface area contributed by atoms with Crippen LogP contribution in [0.5, 0.6) is 0 Å². The van der Waals surface area contributed by atoms with E-state index in [1.807, 2.05) is 54.6 Å². The predicted molar refractivity (Wildman–Crippen MR) is 313 cm³/mol. The zero-order valence-corrected chi connectivity index (χ0v) is 55.7. The number of carboxylic acids is 1. The fraction of sp³-hybridized carbons (Fsp3) is 0.0484. The number of aryl methyl sites for hydroxylation is 1. The molecule has 0 amide bonds. The third-order valence-corrected chi connectivity index (χ3v) is 17.1. The first-order valence-corrected chi connectivity index (χ1v) is 31.3. The van der Waals surface area contributed by atoms with Crippen molar-refractivity contribution in [1.29, 1.82) is 0 Å². The van der Waals surface area contributed by atoms with Crippen molar-refractivity contribution in [3.05, 3.63) is 219 Å². The average Bonchev–Trinajstić information content (AvgIpc) is 1.33. The number of carbonyl (C=O) groups is 1. The zero-order valence-electron chi connectivity index (χ0n) is 46.7. The van der Waals surface area contributed by atoms with Crippen molar-refractivity contribution in [2.24, 2.45) is 0 Å². The van der Waals surface area contributed by atoms with Gasteiger partial charge < -0.3 is 28.1 Å². The number of pyridine rings is 6. The Morgan fingerprint density at radius 1 is 0.348 bits per heavy atom. The molecule has 0 radical (unpaired) electrons. The number of nitrogens with zero attached hydrogens (tertiary/aromatic N) is 6. The topological polar surface area (TPSA) is 346 Å². The molecule has 6 aromatic heterocycles. The molecule has 0 bridgehead atoms. The quantitative estimate of drug-likeness (QED) is 0.0909. The van der Waals surface area contributed by atoms with Gasteiger partial charge in [0.05, 0.1) is 53.0 Å². The van der Waals surface area contributed by atoms with Crippen LogP contribution in [0.3, 0.4) is 0 Å². The van der Waals surface area contributed by atoms with Gasteiger partial charge in [0.25, 0.3) is 0 Å². The Balaban J connectivity index is 0.000000196. The molecule has 12 aromatic rings. The summed E-state index contributed by atoms with van der Waals surface area (Å²) in [7, 11) is -18.2. The molecule has 6 aromatic carbocycles. The van der Waals surface area contributed by atoms with Crippen LogP contribution < -0.4 is 64.2 Å². The molecule has 0 unspecified atom stereocenters. The summed E-state index contributed by atoms with van der Waals surface area (Å²) in [6.07, 6.45) is 11.3. The predicted octanol–water partition coefficient (Wildman–Crippen LogP) is 3.07. The van der Waals surface area contributed by atoms with Gasteiger partial charge in [-0.3, -0.25) is 29.9 Å². The molecule has 440 valence electrons. The Hall–Kier alpha value is -7.01. The number of benzene rings is 6. The number of carbonyl (C=O) groups excluding carboxylic acids is 1. The maximum atomic E-state index is 11.2. The summed E-state index contributed by atoms with van der Waals surface area (Å²) in [6.45, 7) is 0. The summed E-state index contributed by atoms with van der Waals surface area (Å²) in [5, 5.41) is 13.5. The number of carboxylic acid groups (broad SMARTS) is 1. The van der Waals surface area contributed by atoms with Crippen molar-refractivity contribution < 1.29 is 140 Å². The molecule has 27 heteroatoms. The second-order valence-corrected chi connectivity index (χ2v) is 24.6. The number of rotatable bonds is 13. The van der Waals surface area contributed by atoms with Crippen LogP contribution in [0.25, 0.3) is 99.5 Å². The van der Waals surface area contributed by atoms with E-state index >= 15 is 0 Å². The first-order valence-electron chi connectivity index (χ1n) is 25.7. The largest absolute Gasteiger partial charge is 1.00 e. The van der Waals surface area contributed by atoms with Crippen LogP contribution in [0.1, 0.15) is 18.4 Å². The van der Waals surface area contributed by atoms with Gasteiger partial charge in [0.15, 0.2) is 0 Å². The SMILES string of the molecule is O=C([O-])CCCc1ccnc(-c2ccccn2)c1.O=S(=O)([O-])c1ccc(-c2ccnc3c2ccc2c(-c4ccc(S(=O)(=O)[O-])cc4)ccnc23)cc1.O=S(=O)([O-])c1ccc(-c2ccnc3c2ccc2c(-c4ccc(S(=O)(=O)[O-])cc4)ccnc23)cc1.[Na+].[Na+].[Ru]. The minimum absolute atomic E-state index is 0. The van der Waals surface area contributed by atoms with E-state index in [2.05, 4.69) is 29.9 Å². The summed E-state index contributed by atoms with van der Waals surface area (Å²) in [5.74, 6) is -1.01. The van der Waals surface area contributed by atoms with E-state index in [1.54, 1.807) is 110 Å². The van der Waals surface area contributed by atoms with Gasteiger partial charge in [-0.25, -0.2) is 33.7 Å². The van der Waals surface area contributed by atoms with Gasteiger partial charge in [0.2, 0.25) is 0 Å². The number of aliphatic carboxylic acids is 1. The van der Waals surface area contributed by atoms with Crippen LogP contribution in [-0.4, -0.2) is 87.8 Å². The Kier molecular flexibility index (Phi) is 22.9. The number of aromatic nitrogens is 6. The van der Waals surface area contributed by atoms with Crippen molar-refractivity contribution in [2.75, 3.05) is 0 Å². The van der Waals surface area contributed by atoms with E-state index in [0.29, 0.717) is 57.2 Å². The van der Waals surface area contributed by atoms with Gasteiger partial charge in [-0.1, -0.05) is 78.9 Å². The molecule has 0 saturated heterocycles. The molecule has 0 aliphatic heterocycles. The average molecular weight is 1370 g/mol. The molecule has 0 N–H and O–H groups in total. The second kappa shape index (κ2) is 29.3. The van der Waals surface area contributed by atoms with Crippen LogP contribution in [0.2, 0.25) is 0 Å². The van der Waals surface area contributed by atoms with Crippen LogP contribution in [0, 0.1) is 0 Å². The normalized spacial score (nSPS) is 11.5. The van der Waals surface area contributed by atoms with Gasteiger partial charge in [-0.05, 0) is 166 Å². The van der Waals surface area contributed by atoms with Crippen molar-refractivity contribution in [3.63, 3.8) is 0 Å². The van der Waals surface area contributed by atoms with Gasteiger partial charge in [-0.15, -0.1) is 0 Å². The maximum absolute atomic E-state index is 11.2. The minimum atomic E-state index is -4.54. The fourth-order valence-corrected chi connectivity index (χ4v) is 11.5. The Morgan fingerprint density at radius 3 is 0.910 bits per heavy atom. The smallest absolute Gasteiger partial charge is 0.744 e. The maximum Gasteiger partial charge on any atom is 1.00 e. The van der Waals surface area contributed by atoms with Crippen LogP contribution in [-0.2, 0) is 71.2 Å². The number of hydrogen-bond acceptors (Lipinski definition) is 20. The first kappa shape index (κ1) is 69.5. The van der Waals surface area contributed by atoms with E-state index < -0.39 is 46.4 Å². The second-order valence-electron chi connectivity index (χ2n) is 19.1.